The van der Waals surface area contributed by atoms with E-state index >= 15 is 0 Å². The summed E-state index contributed by atoms with van der Waals surface area (Å²) < 4.78 is 2.78. The minimum atomic E-state index is -0.310. The summed E-state index contributed by atoms with van der Waals surface area (Å²) in [6, 6.07) is 12.3. The zero-order valence-electron chi connectivity index (χ0n) is 14.6. The number of nitrogens with zero attached hydrogens (tertiary/aromatic N) is 4. The van der Waals surface area contributed by atoms with Crippen LogP contribution in [0.25, 0.3) is 11.4 Å². The first-order chi connectivity index (χ1) is 13.4. The van der Waals surface area contributed by atoms with Crippen LogP contribution in [0.1, 0.15) is 5.56 Å². The van der Waals surface area contributed by atoms with E-state index in [1.54, 1.807) is 12.1 Å². The smallest absolute Gasteiger partial charge is 0.250 e. The predicted octanol–water partition coefficient (Wildman–Crippen LogP) is 3.85. The summed E-state index contributed by atoms with van der Waals surface area (Å²) in [6.45, 7) is 0. The highest BCUT2D eigenvalue weighted by Crippen LogP contribution is 2.24. The molecule has 1 amide bonds. The van der Waals surface area contributed by atoms with Gasteiger partial charge in [-0.25, -0.2) is 5.43 Å². The van der Waals surface area contributed by atoms with Gasteiger partial charge in [0, 0.05) is 27.7 Å². The van der Waals surface area contributed by atoms with Crippen LogP contribution in [0.3, 0.4) is 0 Å². The third-order valence-corrected chi connectivity index (χ3v) is 5.38. The number of nitrogens with one attached hydrogen (secondary N) is 1. The number of carbonyl (C=O) groups excluding carboxylic acids is 1. The normalized spacial score (nSPS) is 11.1. The molecule has 0 atom stereocenters. The van der Waals surface area contributed by atoms with Crippen molar-refractivity contribution in [3.05, 3.63) is 57.5 Å². The summed E-state index contributed by atoms with van der Waals surface area (Å²) in [5, 5.41) is 23.0. The Morgan fingerprint density at radius 3 is 2.96 bits per heavy atom. The molecular weight excluding hydrogens is 466 g/mol. The lowest BCUT2D eigenvalue weighted by Crippen LogP contribution is -2.19. The van der Waals surface area contributed by atoms with Gasteiger partial charge in [0.1, 0.15) is 5.75 Å². The van der Waals surface area contributed by atoms with Gasteiger partial charge in [0.25, 0.3) is 5.91 Å². The van der Waals surface area contributed by atoms with Crippen LogP contribution in [0.4, 0.5) is 0 Å². The lowest BCUT2D eigenvalue weighted by molar-refractivity contribution is -0.118. The predicted molar refractivity (Wildman–Crippen MR) is 114 cm³/mol. The largest absolute Gasteiger partial charge is 0.507 e. The first kappa shape index (κ1) is 20.4. The van der Waals surface area contributed by atoms with Gasteiger partial charge in [-0.1, -0.05) is 51.4 Å². The third kappa shape index (κ3) is 5.12. The topological polar surface area (TPSA) is 92.4 Å². The molecule has 0 saturated heterocycles. The fourth-order valence-electron chi connectivity index (χ4n) is 2.28. The Morgan fingerprint density at radius 2 is 2.18 bits per heavy atom. The highest BCUT2D eigenvalue weighted by molar-refractivity contribution is 9.10. The number of hydrogen-bond acceptors (Lipinski definition) is 6. The molecular formula is C18H15BrClN5O2S. The summed E-state index contributed by atoms with van der Waals surface area (Å²) >= 11 is 10.6. The van der Waals surface area contributed by atoms with Crippen LogP contribution < -0.4 is 5.43 Å². The first-order valence-corrected chi connectivity index (χ1v) is 10.2. The van der Waals surface area contributed by atoms with Gasteiger partial charge < -0.3 is 9.67 Å². The number of halogens is 2. The molecule has 0 radical (unpaired) electrons. The van der Waals surface area contributed by atoms with Crippen molar-refractivity contribution in [2.75, 3.05) is 5.75 Å². The molecule has 3 rings (SSSR count). The quantitative estimate of drug-likeness (QED) is 0.318. The van der Waals surface area contributed by atoms with Gasteiger partial charge in [-0.05, 0) is 30.3 Å². The van der Waals surface area contributed by atoms with E-state index in [0.717, 1.165) is 10.0 Å². The fraction of sp³-hybridized carbons (Fsp3) is 0.111. The minimum absolute atomic E-state index is 0.0240. The molecule has 28 heavy (non-hydrogen) atoms. The number of aromatic hydroxyl groups is 1. The van der Waals surface area contributed by atoms with Crippen molar-refractivity contribution in [2.24, 2.45) is 12.1 Å². The van der Waals surface area contributed by atoms with Crippen LogP contribution in [0, 0.1) is 0 Å². The average Bonchev–Trinajstić information content (AvgIpc) is 3.03. The van der Waals surface area contributed by atoms with Crippen LogP contribution in [0.15, 0.2) is 57.2 Å². The molecule has 0 bridgehead atoms. The molecule has 10 heteroatoms. The van der Waals surface area contributed by atoms with E-state index in [9.17, 15) is 9.90 Å². The first-order valence-electron chi connectivity index (χ1n) is 8.02. The molecule has 2 aromatic carbocycles. The van der Waals surface area contributed by atoms with Gasteiger partial charge in [0.05, 0.1) is 12.0 Å². The second-order valence-corrected chi connectivity index (χ2v) is 7.96. The highest BCUT2D eigenvalue weighted by Gasteiger charge is 2.13. The van der Waals surface area contributed by atoms with E-state index in [1.165, 1.54) is 24.0 Å². The minimum Gasteiger partial charge on any atom is -0.507 e. The van der Waals surface area contributed by atoms with Crippen molar-refractivity contribution in [1.29, 1.82) is 0 Å². The maximum Gasteiger partial charge on any atom is 0.250 e. The zero-order valence-corrected chi connectivity index (χ0v) is 17.8. The maximum absolute atomic E-state index is 12.0. The molecule has 0 aliphatic rings. The molecule has 0 fully saturated rings. The number of rotatable bonds is 6. The van der Waals surface area contributed by atoms with Crippen LogP contribution in [0.2, 0.25) is 5.02 Å². The Labute approximate surface area is 178 Å². The van der Waals surface area contributed by atoms with E-state index in [-0.39, 0.29) is 17.4 Å². The summed E-state index contributed by atoms with van der Waals surface area (Å²) in [5.74, 6) is 0.535. The Hall–Kier alpha value is -2.36. The number of phenols is 1. The highest BCUT2D eigenvalue weighted by atomic mass is 79.9. The number of aromatic nitrogens is 3. The molecule has 2 N–H and O–H groups in total. The molecule has 0 spiro atoms. The molecule has 1 aromatic heterocycles. The third-order valence-electron chi connectivity index (χ3n) is 3.63. The molecule has 7 nitrogen and oxygen atoms in total. The lowest BCUT2D eigenvalue weighted by Gasteiger charge is -2.04. The lowest BCUT2D eigenvalue weighted by atomic mass is 10.2. The summed E-state index contributed by atoms with van der Waals surface area (Å²) in [6.07, 6.45) is 1.33. The zero-order chi connectivity index (χ0) is 20.1. The maximum atomic E-state index is 12.0. The number of carbonyl (C=O) groups is 1. The monoisotopic (exact) mass is 479 g/mol. The van der Waals surface area contributed by atoms with Crippen molar-refractivity contribution in [3.8, 4) is 17.1 Å². The Balaban J connectivity index is 1.58. The Kier molecular flexibility index (Phi) is 6.71. The molecule has 0 aliphatic carbocycles. The van der Waals surface area contributed by atoms with Gasteiger partial charge >= 0.3 is 0 Å². The van der Waals surface area contributed by atoms with Crippen LogP contribution in [0.5, 0.6) is 5.75 Å². The Bertz CT molecular complexity index is 1040. The SMILES string of the molecule is Cn1c(SCC(=O)N/N=C\c2cc(Cl)ccc2O)nnc1-c1cccc(Br)c1. The van der Waals surface area contributed by atoms with Crippen LogP contribution >= 0.6 is 39.3 Å². The molecule has 0 saturated carbocycles. The van der Waals surface area contributed by atoms with Gasteiger partial charge in [-0.15, -0.1) is 10.2 Å². The number of amides is 1. The van der Waals surface area contributed by atoms with Gasteiger partial charge in [0.15, 0.2) is 11.0 Å². The standard InChI is InChI=1S/C18H15BrClN5O2S/c1-25-17(11-3-2-4-13(19)7-11)23-24-18(25)28-10-16(27)22-21-9-12-8-14(20)5-6-15(12)26/h2-9,26H,10H2,1H3,(H,22,27)/b21-9-. The fourth-order valence-corrected chi connectivity index (χ4v) is 3.57. The second kappa shape index (κ2) is 9.22. The van der Waals surface area contributed by atoms with Crippen LogP contribution in [-0.4, -0.2) is 37.7 Å². The molecule has 3 aromatic rings. The van der Waals surface area contributed by atoms with Gasteiger partial charge in [-0.3, -0.25) is 4.79 Å². The molecule has 144 valence electrons. The second-order valence-electron chi connectivity index (χ2n) is 5.66. The summed E-state index contributed by atoms with van der Waals surface area (Å²) in [4.78, 5) is 12.0. The number of hydrazone groups is 1. The van der Waals surface area contributed by atoms with Gasteiger partial charge in [-0.2, -0.15) is 5.10 Å². The summed E-state index contributed by atoms with van der Waals surface area (Å²) in [5.41, 5.74) is 3.74. The summed E-state index contributed by atoms with van der Waals surface area (Å²) in [7, 11) is 1.84. The van der Waals surface area contributed by atoms with Crippen molar-refractivity contribution in [2.45, 2.75) is 5.16 Å². The van der Waals surface area contributed by atoms with E-state index < -0.39 is 0 Å². The molecule has 0 aliphatic heterocycles. The van der Waals surface area contributed by atoms with E-state index in [0.29, 0.717) is 21.6 Å². The van der Waals surface area contributed by atoms with Gasteiger partial charge in [0.2, 0.25) is 0 Å². The van der Waals surface area contributed by atoms with Crippen molar-refractivity contribution in [3.63, 3.8) is 0 Å². The van der Waals surface area contributed by atoms with Crippen molar-refractivity contribution >= 4 is 51.4 Å². The average molecular weight is 481 g/mol. The van der Waals surface area contributed by atoms with E-state index in [2.05, 4.69) is 36.7 Å². The van der Waals surface area contributed by atoms with E-state index in [1.807, 2.05) is 35.9 Å². The molecule has 0 unspecified atom stereocenters. The number of hydrogen-bond donors (Lipinski definition) is 2. The molecule has 1 heterocycles. The van der Waals surface area contributed by atoms with Crippen molar-refractivity contribution < 1.29 is 9.90 Å². The number of thioether (sulfide) groups is 1. The van der Waals surface area contributed by atoms with Crippen molar-refractivity contribution in [1.82, 2.24) is 20.2 Å². The number of phenolic OH excluding ortho intramolecular Hbond substituents is 1. The van der Waals surface area contributed by atoms with Crippen LogP contribution in [-0.2, 0) is 11.8 Å². The van der Waals surface area contributed by atoms with E-state index in [4.69, 9.17) is 11.6 Å². The Morgan fingerprint density at radius 1 is 1.36 bits per heavy atom. The number of benzene rings is 2.